The van der Waals surface area contributed by atoms with Crippen molar-refractivity contribution in [1.82, 2.24) is 0 Å². The van der Waals surface area contributed by atoms with Crippen LogP contribution in [-0.4, -0.2) is 30.0 Å². The number of nitrogens with one attached hydrogen (secondary N) is 1. The second kappa shape index (κ2) is 4.23. The number of aliphatic hydroxyl groups excluding tert-OH is 1. The van der Waals surface area contributed by atoms with Crippen LogP contribution in [0.3, 0.4) is 0 Å². The molecule has 0 aromatic heterocycles. The van der Waals surface area contributed by atoms with Gasteiger partial charge in [-0.05, 0) is 0 Å². The Morgan fingerprint density at radius 1 is 1.44 bits per heavy atom. The normalized spacial score (nSPS) is 12.6. The van der Waals surface area contributed by atoms with E-state index < -0.39 is 4.92 Å². The minimum absolute atomic E-state index is 0.0654. The van der Waals surface area contributed by atoms with Crippen molar-refractivity contribution in [3.05, 3.63) is 22.2 Å². The Morgan fingerprint density at radius 3 is 2.75 bits per heavy atom. The Bertz CT molecular complexity index is 421. The molecule has 0 atom stereocenters. The third kappa shape index (κ3) is 1.84. The van der Waals surface area contributed by atoms with Crippen LogP contribution in [-0.2, 0) is 0 Å². The van der Waals surface area contributed by atoms with E-state index in [0.29, 0.717) is 17.2 Å². The second-order valence-electron chi connectivity index (χ2n) is 3.13. The Balaban J connectivity index is 2.36. The van der Waals surface area contributed by atoms with Crippen molar-refractivity contribution in [3.8, 4) is 11.5 Å². The number of nitrogens with zero attached hydrogens (tertiary/aromatic N) is 1. The van der Waals surface area contributed by atoms with E-state index in [1.54, 1.807) is 0 Å². The number of hydrogen-bond acceptors (Lipinski definition) is 6. The van der Waals surface area contributed by atoms with Gasteiger partial charge in [0.15, 0.2) is 11.5 Å². The summed E-state index contributed by atoms with van der Waals surface area (Å²) >= 11 is 0. The highest BCUT2D eigenvalue weighted by molar-refractivity contribution is 5.68. The lowest BCUT2D eigenvalue weighted by Crippen LogP contribution is -2.07. The molecule has 7 heteroatoms. The highest BCUT2D eigenvalue weighted by Crippen LogP contribution is 2.40. The van der Waals surface area contributed by atoms with Crippen LogP contribution in [0.25, 0.3) is 0 Å². The number of rotatable bonds is 4. The van der Waals surface area contributed by atoms with Gasteiger partial charge in [-0.15, -0.1) is 0 Å². The fraction of sp³-hybridized carbons (Fsp3) is 0.333. The summed E-state index contributed by atoms with van der Waals surface area (Å²) in [6, 6.07) is 2.80. The summed E-state index contributed by atoms with van der Waals surface area (Å²) < 4.78 is 10.2. The maximum Gasteiger partial charge on any atom is 0.296 e. The molecule has 1 heterocycles. The Kier molecular flexibility index (Phi) is 2.78. The molecule has 0 saturated heterocycles. The van der Waals surface area contributed by atoms with Crippen LogP contribution < -0.4 is 14.8 Å². The lowest BCUT2D eigenvalue weighted by atomic mass is 10.2. The van der Waals surface area contributed by atoms with E-state index in [1.165, 1.54) is 12.1 Å². The van der Waals surface area contributed by atoms with Crippen LogP contribution in [0.5, 0.6) is 11.5 Å². The Labute approximate surface area is 90.7 Å². The van der Waals surface area contributed by atoms with Gasteiger partial charge in [-0.25, -0.2) is 0 Å². The van der Waals surface area contributed by atoms with Gasteiger partial charge in [0.25, 0.3) is 5.69 Å². The maximum absolute atomic E-state index is 10.8. The molecule has 0 aliphatic carbocycles. The molecule has 1 aliphatic heterocycles. The molecule has 0 bridgehead atoms. The number of aliphatic hydroxyl groups is 1. The van der Waals surface area contributed by atoms with E-state index in [9.17, 15) is 10.1 Å². The molecule has 0 spiro atoms. The molecule has 1 aliphatic rings. The molecule has 1 aromatic rings. The minimum atomic E-state index is -0.512. The van der Waals surface area contributed by atoms with E-state index in [-0.39, 0.29) is 25.6 Å². The van der Waals surface area contributed by atoms with Crippen molar-refractivity contribution in [3.63, 3.8) is 0 Å². The summed E-state index contributed by atoms with van der Waals surface area (Å²) in [5.41, 5.74) is 0.209. The van der Waals surface area contributed by atoms with Crippen molar-refractivity contribution < 1.29 is 19.5 Å². The number of anilines is 1. The van der Waals surface area contributed by atoms with Crippen LogP contribution in [0.15, 0.2) is 12.1 Å². The number of ether oxygens (including phenoxy) is 2. The van der Waals surface area contributed by atoms with Gasteiger partial charge in [-0.1, -0.05) is 0 Å². The standard InChI is InChI=1S/C9H10N2O5/c12-2-1-10-6-3-8-9(16-5-15-8)4-7(6)11(13)14/h3-4,10,12H,1-2,5H2. The average molecular weight is 226 g/mol. The van der Waals surface area contributed by atoms with E-state index in [4.69, 9.17) is 14.6 Å². The Morgan fingerprint density at radius 2 is 2.12 bits per heavy atom. The Hall–Kier alpha value is -2.02. The first-order valence-electron chi connectivity index (χ1n) is 4.65. The van der Waals surface area contributed by atoms with Gasteiger partial charge in [0.2, 0.25) is 6.79 Å². The molecule has 0 fully saturated rings. The van der Waals surface area contributed by atoms with Crippen molar-refractivity contribution >= 4 is 11.4 Å². The van der Waals surface area contributed by atoms with Gasteiger partial charge in [-0.2, -0.15) is 0 Å². The predicted octanol–water partition coefficient (Wildman–Crippen LogP) is 0.728. The van der Waals surface area contributed by atoms with Gasteiger partial charge in [0.05, 0.1) is 17.6 Å². The minimum Gasteiger partial charge on any atom is -0.454 e. The largest absolute Gasteiger partial charge is 0.454 e. The molecule has 86 valence electrons. The van der Waals surface area contributed by atoms with Crippen LogP contribution in [0.2, 0.25) is 0 Å². The molecule has 16 heavy (non-hydrogen) atoms. The lowest BCUT2D eigenvalue weighted by Gasteiger charge is -2.06. The van der Waals surface area contributed by atoms with Gasteiger partial charge >= 0.3 is 0 Å². The van der Waals surface area contributed by atoms with Crippen LogP contribution in [0, 0.1) is 10.1 Å². The van der Waals surface area contributed by atoms with E-state index in [1.807, 2.05) is 0 Å². The lowest BCUT2D eigenvalue weighted by molar-refractivity contribution is -0.384. The topological polar surface area (TPSA) is 93.9 Å². The van der Waals surface area contributed by atoms with Crippen molar-refractivity contribution in [2.45, 2.75) is 0 Å². The van der Waals surface area contributed by atoms with E-state index in [2.05, 4.69) is 5.32 Å². The number of benzene rings is 1. The van der Waals surface area contributed by atoms with Gasteiger partial charge in [0.1, 0.15) is 5.69 Å². The summed E-state index contributed by atoms with van der Waals surface area (Å²) in [6.07, 6.45) is 0. The number of hydrogen-bond donors (Lipinski definition) is 2. The van der Waals surface area contributed by atoms with Gasteiger partial charge < -0.3 is 19.9 Å². The third-order valence-corrected chi connectivity index (χ3v) is 2.11. The van der Waals surface area contributed by atoms with Crippen molar-refractivity contribution in [2.75, 3.05) is 25.3 Å². The first-order chi connectivity index (χ1) is 7.72. The molecule has 1 aromatic carbocycles. The summed E-state index contributed by atoms with van der Waals surface area (Å²) in [5, 5.41) is 22.2. The molecule has 2 rings (SSSR count). The van der Waals surface area contributed by atoms with Crippen molar-refractivity contribution in [1.29, 1.82) is 0 Å². The van der Waals surface area contributed by atoms with Gasteiger partial charge in [-0.3, -0.25) is 10.1 Å². The predicted molar refractivity (Wildman–Crippen MR) is 54.8 cm³/mol. The van der Waals surface area contributed by atoms with Crippen LogP contribution in [0.4, 0.5) is 11.4 Å². The first-order valence-corrected chi connectivity index (χ1v) is 4.65. The highest BCUT2D eigenvalue weighted by Gasteiger charge is 2.22. The smallest absolute Gasteiger partial charge is 0.296 e. The third-order valence-electron chi connectivity index (χ3n) is 2.11. The molecular formula is C9H10N2O5. The van der Waals surface area contributed by atoms with E-state index >= 15 is 0 Å². The number of nitro benzene ring substituents is 1. The zero-order valence-electron chi connectivity index (χ0n) is 8.30. The summed E-state index contributed by atoms with van der Waals surface area (Å²) in [5.74, 6) is 0.826. The summed E-state index contributed by atoms with van der Waals surface area (Å²) in [4.78, 5) is 10.3. The fourth-order valence-electron chi connectivity index (χ4n) is 1.41. The second-order valence-corrected chi connectivity index (χ2v) is 3.13. The van der Waals surface area contributed by atoms with Crippen LogP contribution >= 0.6 is 0 Å². The number of fused-ring (bicyclic) bond motifs is 1. The zero-order valence-corrected chi connectivity index (χ0v) is 8.30. The van der Waals surface area contributed by atoms with Gasteiger partial charge in [0, 0.05) is 12.6 Å². The number of nitro groups is 1. The monoisotopic (exact) mass is 226 g/mol. The molecule has 0 radical (unpaired) electrons. The molecule has 2 N–H and O–H groups in total. The van der Waals surface area contributed by atoms with Crippen LogP contribution in [0.1, 0.15) is 0 Å². The highest BCUT2D eigenvalue weighted by atomic mass is 16.7. The zero-order chi connectivity index (χ0) is 11.5. The summed E-state index contributed by atoms with van der Waals surface area (Å²) in [7, 11) is 0. The molecule has 7 nitrogen and oxygen atoms in total. The average Bonchev–Trinajstić information content (AvgIpc) is 2.71. The summed E-state index contributed by atoms with van der Waals surface area (Å²) in [6.45, 7) is 0.196. The quantitative estimate of drug-likeness (QED) is 0.580. The molecule has 0 saturated carbocycles. The molecular weight excluding hydrogens is 216 g/mol. The molecule has 0 unspecified atom stereocenters. The van der Waals surface area contributed by atoms with E-state index in [0.717, 1.165) is 0 Å². The maximum atomic E-state index is 10.8. The molecule has 0 amide bonds. The fourth-order valence-corrected chi connectivity index (χ4v) is 1.41. The van der Waals surface area contributed by atoms with Crippen molar-refractivity contribution in [2.24, 2.45) is 0 Å². The SMILES string of the molecule is O=[N+]([O-])c1cc2c(cc1NCCO)OCO2. The first kappa shape index (κ1) is 10.5.